The second-order valence-corrected chi connectivity index (χ2v) is 6.09. The molecule has 2 unspecified atom stereocenters. The van der Waals surface area contributed by atoms with Crippen molar-refractivity contribution in [3.05, 3.63) is 35.9 Å². The van der Waals surface area contributed by atoms with Crippen molar-refractivity contribution in [3.8, 4) is 0 Å². The SMILES string of the molecule is CC(OCc1ccccc1)C(=O)N1CCC(C(O)C(F)(F)F)CC1. The first-order valence-corrected chi connectivity index (χ1v) is 7.98. The van der Waals surface area contributed by atoms with Gasteiger partial charge in [-0.2, -0.15) is 13.2 Å². The summed E-state index contributed by atoms with van der Waals surface area (Å²) in [6, 6.07) is 9.42. The monoisotopic (exact) mass is 345 g/mol. The molecule has 1 aliphatic heterocycles. The highest BCUT2D eigenvalue weighted by atomic mass is 19.4. The van der Waals surface area contributed by atoms with E-state index in [0.29, 0.717) is 6.61 Å². The number of alkyl halides is 3. The molecule has 134 valence electrons. The van der Waals surface area contributed by atoms with Gasteiger partial charge in [-0.05, 0) is 31.2 Å². The number of likely N-dealkylation sites (tertiary alicyclic amines) is 1. The zero-order valence-electron chi connectivity index (χ0n) is 13.5. The Kier molecular flexibility index (Phi) is 6.23. The number of hydrogen-bond donors (Lipinski definition) is 1. The van der Waals surface area contributed by atoms with Crippen LogP contribution in [0.5, 0.6) is 0 Å². The van der Waals surface area contributed by atoms with Crippen LogP contribution in [0.1, 0.15) is 25.3 Å². The molecule has 1 N–H and O–H groups in total. The van der Waals surface area contributed by atoms with Gasteiger partial charge in [0.2, 0.25) is 0 Å². The third-order valence-electron chi connectivity index (χ3n) is 4.32. The molecule has 1 aliphatic rings. The average Bonchev–Trinajstić information content (AvgIpc) is 2.58. The standard InChI is InChI=1S/C17H22F3NO3/c1-12(24-11-13-5-3-2-4-6-13)16(23)21-9-7-14(8-10-21)15(22)17(18,19)20/h2-6,12,14-15,22H,7-11H2,1H3. The van der Waals surface area contributed by atoms with Gasteiger partial charge in [0.1, 0.15) is 6.10 Å². The normalized spacial score (nSPS) is 19.1. The van der Waals surface area contributed by atoms with Gasteiger partial charge in [0.15, 0.2) is 6.10 Å². The van der Waals surface area contributed by atoms with E-state index in [2.05, 4.69) is 0 Å². The Morgan fingerprint density at radius 2 is 1.88 bits per heavy atom. The van der Waals surface area contributed by atoms with E-state index in [-0.39, 0.29) is 31.8 Å². The zero-order chi connectivity index (χ0) is 17.7. The number of rotatable bonds is 5. The zero-order valence-corrected chi connectivity index (χ0v) is 13.5. The van der Waals surface area contributed by atoms with Crippen molar-refractivity contribution in [2.75, 3.05) is 13.1 Å². The number of piperidine rings is 1. The van der Waals surface area contributed by atoms with Gasteiger partial charge in [-0.25, -0.2) is 0 Å². The van der Waals surface area contributed by atoms with Gasteiger partial charge in [-0.3, -0.25) is 4.79 Å². The van der Waals surface area contributed by atoms with Crippen LogP contribution in [0.15, 0.2) is 30.3 Å². The number of aliphatic hydroxyl groups is 1. The van der Waals surface area contributed by atoms with Crippen molar-refractivity contribution >= 4 is 5.91 Å². The van der Waals surface area contributed by atoms with Crippen LogP contribution in [0.3, 0.4) is 0 Å². The maximum atomic E-state index is 12.5. The lowest BCUT2D eigenvalue weighted by Crippen LogP contribution is -2.47. The lowest BCUT2D eigenvalue weighted by molar-refractivity contribution is -0.223. The predicted octanol–water partition coefficient (Wildman–Crippen LogP) is 2.75. The highest BCUT2D eigenvalue weighted by molar-refractivity contribution is 5.80. The smallest absolute Gasteiger partial charge is 0.383 e. The molecule has 1 fully saturated rings. The summed E-state index contributed by atoms with van der Waals surface area (Å²) in [5, 5.41) is 9.30. The Morgan fingerprint density at radius 1 is 1.29 bits per heavy atom. The Bertz CT molecular complexity index is 528. The number of ether oxygens (including phenoxy) is 1. The number of aliphatic hydroxyl groups excluding tert-OH is 1. The summed E-state index contributed by atoms with van der Waals surface area (Å²) in [5.41, 5.74) is 0.948. The van der Waals surface area contributed by atoms with Crippen molar-refractivity contribution in [2.24, 2.45) is 5.92 Å². The summed E-state index contributed by atoms with van der Waals surface area (Å²) in [7, 11) is 0. The van der Waals surface area contributed by atoms with Crippen LogP contribution in [0, 0.1) is 5.92 Å². The maximum Gasteiger partial charge on any atom is 0.414 e. The van der Waals surface area contributed by atoms with Crippen LogP contribution < -0.4 is 0 Å². The van der Waals surface area contributed by atoms with Crippen LogP contribution in [0.25, 0.3) is 0 Å². The molecular formula is C17H22F3NO3. The van der Waals surface area contributed by atoms with Crippen LogP contribution in [-0.2, 0) is 16.1 Å². The molecule has 0 bridgehead atoms. The molecule has 2 atom stereocenters. The Labute approximate surface area is 139 Å². The summed E-state index contributed by atoms with van der Waals surface area (Å²) in [4.78, 5) is 13.8. The Balaban J connectivity index is 1.79. The number of benzene rings is 1. The maximum absolute atomic E-state index is 12.5. The predicted molar refractivity (Wildman–Crippen MR) is 82.1 cm³/mol. The first-order chi connectivity index (χ1) is 11.3. The van der Waals surface area contributed by atoms with Crippen LogP contribution in [-0.4, -0.2) is 47.4 Å². The van der Waals surface area contributed by atoms with Crippen LogP contribution >= 0.6 is 0 Å². The lowest BCUT2D eigenvalue weighted by atomic mass is 9.90. The minimum absolute atomic E-state index is 0.137. The topological polar surface area (TPSA) is 49.8 Å². The van der Waals surface area contributed by atoms with Gasteiger partial charge in [0.25, 0.3) is 5.91 Å². The van der Waals surface area contributed by atoms with Crippen molar-refractivity contribution in [2.45, 2.75) is 44.8 Å². The van der Waals surface area contributed by atoms with Crippen LogP contribution in [0.2, 0.25) is 0 Å². The fraction of sp³-hybridized carbons (Fsp3) is 0.588. The summed E-state index contributed by atoms with van der Waals surface area (Å²) in [6.07, 6.45) is -7.31. The molecule has 4 nitrogen and oxygen atoms in total. The quantitative estimate of drug-likeness (QED) is 0.893. The molecular weight excluding hydrogens is 323 g/mol. The van der Waals surface area contributed by atoms with Gasteiger partial charge in [0, 0.05) is 13.1 Å². The third-order valence-corrected chi connectivity index (χ3v) is 4.32. The van der Waals surface area contributed by atoms with E-state index in [1.165, 1.54) is 4.90 Å². The van der Waals surface area contributed by atoms with E-state index in [0.717, 1.165) is 5.56 Å². The highest BCUT2D eigenvalue weighted by Crippen LogP contribution is 2.31. The van der Waals surface area contributed by atoms with Gasteiger partial charge < -0.3 is 14.7 Å². The summed E-state index contributed by atoms with van der Waals surface area (Å²) in [6.45, 7) is 2.35. The minimum Gasteiger partial charge on any atom is -0.383 e. The molecule has 0 radical (unpaired) electrons. The molecule has 1 heterocycles. The molecule has 0 aliphatic carbocycles. The number of carbonyl (C=O) groups is 1. The summed E-state index contributed by atoms with van der Waals surface area (Å²) in [5.74, 6) is -1.08. The fourth-order valence-electron chi connectivity index (χ4n) is 2.83. The number of hydrogen-bond acceptors (Lipinski definition) is 3. The van der Waals surface area contributed by atoms with E-state index in [1.807, 2.05) is 30.3 Å². The summed E-state index contributed by atoms with van der Waals surface area (Å²) < 4.78 is 43.1. The van der Waals surface area contributed by atoms with Gasteiger partial charge in [-0.15, -0.1) is 0 Å². The molecule has 0 spiro atoms. The third kappa shape index (κ3) is 4.95. The first-order valence-electron chi connectivity index (χ1n) is 7.98. The highest BCUT2D eigenvalue weighted by Gasteiger charge is 2.44. The largest absolute Gasteiger partial charge is 0.414 e. The first kappa shape index (κ1) is 18.7. The second-order valence-electron chi connectivity index (χ2n) is 6.09. The van der Waals surface area contributed by atoms with Crippen molar-refractivity contribution < 1.29 is 27.8 Å². The van der Waals surface area contributed by atoms with Crippen molar-refractivity contribution in [1.29, 1.82) is 0 Å². The van der Waals surface area contributed by atoms with E-state index < -0.39 is 24.3 Å². The van der Waals surface area contributed by atoms with Crippen molar-refractivity contribution in [1.82, 2.24) is 4.90 Å². The number of halogens is 3. The number of amides is 1. The average molecular weight is 345 g/mol. The summed E-state index contributed by atoms with van der Waals surface area (Å²) >= 11 is 0. The number of nitrogens with zero attached hydrogens (tertiary/aromatic N) is 1. The van der Waals surface area contributed by atoms with E-state index >= 15 is 0 Å². The molecule has 0 saturated carbocycles. The fourth-order valence-corrected chi connectivity index (χ4v) is 2.83. The number of carbonyl (C=O) groups excluding carboxylic acids is 1. The molecule has 2 rings (SSSR count). The molecule has 1 amide bonds. The molecule has 1 aromatic carbocycles. The second kappa shape index (κ2) is 7.98. The molecule has 1 aromatic rings. The molecule has 1 saturated heterocycles. The Hall–Kier alpha value is -1.60. The van der Waals surface area contributed by atoms with E-state index in [9.17, 15) is 23.1 Å². The Morgan fingerprint density at radius 3 is 2.42 bits per heavy atom. The van der Waals surface area contributed by atoms with Gasteiger partial charge >= 0.3 is 6.18 Å². The van der Waals surface area contributed by atoms with Gasteiger partial charge in [-0.1, -0.05) is 30.3 Å². The van der Waals surface area contributed by atoms with Crippen LogP contribution in [0.4, 0.5) is 13.2 Å². The van der Waals surface area contributed by atoms with Crippen molar-refractivity contribution in [3.63, 3.8) is 0 Å². The van der Waals surface area contributed by atoms with Gasteiger partial charge in [0.05, 0.1) is 6.61 Å². The molecule has 24 heavy (non-hydrogen) atoms. The lowest BCUT2D eigenvalue weighted by Gasteiger charge is -2.35. The molecule has 7 heteroatoms. The van der Waals surface area contributed by atoms with E-state index in [4.69, 9.17) is 4.74 Å². The minimum atomic E-state index is -4.61. The van der Waals surface area contributed by atoms with E-state index in [1.54, 1.807) is 6.92 Å². The molecule has 0 aromatic heterocycles.